The predicted molar refractivity (Wildman–Crippen MR) is 55.7 cm³/mol. The highest BCUT2D eigenvalue weighted by Crippen LogP contribution is 2.27. The van der Waals surface area contributed by atoms with E-state index in [1.807, 2.05) is 0 Å². The maximum absolute atomic E-state index is 10.7. The molecule has 0 radical (unpaired) electrons. The smallest absolute Gasteiger partial charge is 0.208 e. The summed E-state index contributed by atoms with van der Waals surface area (Å²) in [7, 11) is -3.04. The van der Waals surface area contributed by atoms with Crippen LogP contribution in [-0.4, -0.2) is 33.8 Å². The first-order chi connectivity index (χ1) is 5.31. The van der Waals surface area contributed by atoms with E-state index in [0.717, 1.165) is 6.54 Å². The summed E-state index contributed by atoms with van der Waals surface area (Å²) in [5.41, 5.74) is 0.220. The molecule has 1 unspecified atom stereocenters. The van der Waals surface area contributed by atoms with Gasteiger partial charge in [0.05, 0.1) is 6.26 Å². The average molecular weight is 229 g/mol. The quantitative estimate of drug-likeness (QED) is 0.713. The lowest BCUT2D eigenvalue weighted by Gasteiger charge is -2.45. The molecule has 1 heterocycles. The van der Waals surface area contributed by atoms with Crippen molar-refractivity contribution >= 4 is 22.4 Å². The van der Waals surface area contributed by atoms with Gasteiger partial charge in [0.2, 0.25) is 10.0 Å². The molecule has 0 spiro atoms. The summed E-state index contributed by atoms with van der Waals surface area (Å²) in [6.45, 7) is 5.70. The molecule has 0 amide bonds. The molecule has 0 aliphatic carbocycles. The Morgan fingerprint density at radius 1 is 1.54 bits per heavy atom. The molecule has 1 atom stereocenters. The van der Waals surface area contributed by atoms with Crippen LogP contribution < -0.4 is 10.0 Å². The number of nitrogens with one attached hydrogen (secondary N) is 2. The lowest BCUT2D eigenvalue weighted by Crippen LogP contribution is -2.63. The third-order valence-corrected chi connectivity index (χ3v) is 2.99. The van der Waals surface area contributed by atoms with Gasteiger partial charge in [-0.05, 0) is 5.41 Å². The highest BCUT2D eigenvalue weighted by atomic mass is 35.5. The van der Waals surface area contributed by atoms with Crippen LogP contribution in [0.4, 0.5) is 0 Å². The van der Waals surface area contributed by atoms with Gasteiger partial charge in [0.15, 0.2) is 0 Å². The molecule has 1 fully saturated rings. The molecule has 80 valence electrons. The fourth-order valence-electron chi connectivity index (χ4n) is 1.24. The normalized spacial score (nSPS) is 25.9. The zero-order valence-corrected chi connectivity index (χ0v) is 9.76. The highest BCUT2D eigenvalue weighted by Gasteiger charge is 2.37. The van der Waals surface area contributed by atoms with Gasteiger partial charge in [0, 0.05) is 19.1 Å². The number of rotatable bonds is 3. The van der Waals surface area contributed by atoms with Crippen molar-refractivity contribution in [1.29, 1.82) is 0 Å². The lowest BCUT2D eigenvalue weighted by atomic mass is 9.77. The van der Waals surface area contributed by atoms with E-state index >= 15 is 0 Å². The van der Waals surface area contributed by atoms with Crippen molar-refractivity contribution in [3.8, 4) is 0 Å². The molecule has 2 N–H and O–H groups in total. The van der Waals surface area contributed by atoms with Gasteiger partial charge in [-0.3, -0.25) is 0 Å². The number of sulfonamides is 1. The maximum Gasteiger partial charge on any atom is 0.208 e. The Hall–Kier alpha value is 0.160. The van der Waals surface area contributed by atoms with Gasteiger partial charge >= 0.3 is 0 Å². The molecule has 4 nitrogen and oxygen atoms in total. The zero-order valence-electron chi connectivity index (χ0n) is 8.12. The second-order valence-corrected chi connectivity index (χ2v) is 5.88. The van der Waals surface area contributed by atoms with Crippen molar-refractivity contribution in [3.63, 3.8) is 0 Å². The van der Waals surface area contributed by atoms with Crippen molar-refractivity contribution in [2.75, 3.05) is 19.3 Å². The van der Waals surface area contributed by atoms with Crippen molar-refractivity contribution in [3.05, 3.63) is 0 Å². The van der Waals surface area contributed by atoms with Gasteiger partial charge in [-0.1, -0.05) is 13.8 Å². The third-order valence-electron chi connectivity index (χ3n) is 2.30. The van der Waals surface area contributed by atoms with Crippen LogP contribution in [0.2, 0.25) is 0 Å². The largest absolute Gasteiger partial charge is 0.311 e. The second-order valence-electron chi connectivity index (χ2n) is 4.04. The summed E-state index contributed by atoms with van der Waals surface area (Å²) in [5.74, 6) is 0. The molecule has 1 aliphatic rings. The van der Waals surface area contributed by atoms with Crippen LogP contribution >= 0.6 is 12.4 Å². The van der Waals surface area contributed by atoms with Gasteiger partial charge < -0.3 is 5.32 Å². The topological polar surface area (TPSA) is 58.2 Å². The Morgan fingerprint density at radius 3 is 2.31 bits per heavy atom. The van der Waals surface area contributed by atoms with Crippen LogP contribution in [0.1, 0.15) is 13.8 Å². The summed E-state index contributed by atoms with van der Waals surface area (Å²) in [5, 5.41) is 3.18. The molecule has 0 saturated carbocycles. The van der Waals surface area contributed by atoms with Crippen LogP contribution in [0, 0.1) is 5.41 Å². The van der Waals surface area contributed by atoms with Gasteiger partial charge in [-0.25, -0.2) is 13.1 Å². The van der Waals surface area contributed by atoms with Crippen molar-refractivity contribution in [2.45, 2.75) is 19.9 Å². The Bertz CT molecular complexity index is 264. The van der Waals surface area contributed by atoms with Gasteiger partial charge in [0.1, 0.15) is 0 Å². The van der Waals surface area contributed by atoms with Crippen molar-refractivity contribution in [1.82, 2.24) is 10.0 Å². The molecule has 0 bridgehead atoms. The first-order valence-electron chi connectivity index (χ1n) is 3.99. The van der Waals surface area contributed by atoms with E-state index in [0.29, 0.717) is 6.54 Å². The first-order valence-corrected chi connectivity index (χ1v) is 5.88. The third kappa shape index (κ3) is 3.81. The van der Waals surface area contributed by atoms with E-state index < -0.39 is 10.0 Å². The van der Waals surface area contributed by atoms with Gasteiger partial charge in [-0.2, -0.15) is 0 Å². The SMILES string of the molecule is CC1(C)CNC1CNS(C)(=O)=O.Cl. The molecular formula is C7H17ClN2O2S. The molecule has 0 aromatic heterocycles. The van der Waals surface area contributed by atoms with E-state index in [-0.39, 0.29) is 23.9 Å². The van der Waals surface area contributed by atoms with Crippen LogP contribution in [0.5, 0.6) is 0 Å². The number of hydrogen-bond acceptors (Lipinski definition) is 3. The number of hydrogen-bond donors (Lipinski definition) is 2. The maximum atomic E-state index is 10.7. The minimum absolute atomic E-state index is 0. The molecular weight excluding hydrogens is 212 g/mol. The Kier molecular flexibility index (Phi) is 4.18. The lowest BCUT2D eigenvalue weighted by molar-refractivity contribution is 0.130. The fraction of sp³-hybridized carbons (Fsp3) is 1.00. The number of halogens is 1. The molecule has 0 aromatic carbocycles. The minimum atomic E-state index is -3.04. The summed E-state index contributed by atoms with van der Waals surface area (Å²) in [6.07, 6.45) is 1.18. The molecule has 6 heteroatoms. The second kappa shape index (κ2) is 4.13. The van der Waals surface area contributed by atoms with Gasteiger partial charge in [-0.15, -0.1) is 12.4 Å². The summed E-state index contributed by atoms with van der Waals surface area (Å²) >= 11 is 0. The molecule has 1 saturated heterocycles. The minimum Gasteiger partial charge on any atom is -0.311 e. The van der Waals surface area contributed by atoms with Gasteiger partial charge in [0.25, 0.3) is 0 Å². The van der Waals surface area contributed by atoms with Crippen LogP contribution in [0.25, 0.3) is 0 Å². The molecule has 1 aliphatic heterocycles. The Morgan fingerprint density at radius 2 is 2.08 bits per heavy atom. The van der Waals surface area contributed by atoms with Crippen LogP contribution in [0.15, 0.2) is 0 Å². The van der Waals surface area contributed by atoms with E-state index in [2.05, 4.69) is 23.9 Å². The van der Waals surface area contributed by atoms with Crippen LogP contribution in [-0.2, 0) is 10.0 Å². The fourth-order valence-corrected chi connectivity index (χ4v) is 1.71. The van der Waals surface area contributed by atoms with E-state index in [4.69, 9.17) is 0 Å². The van der Waals surface area contributed by atoms with E-state index in [9.17, 15) is 8.42 Å². The van der Waals surface area contributed by atoms with E-state index in [1.54, 1.807) is 0 Å². The molecule has 1 rings (SSSR count). The van der Waals surface area contributed by atoms with Crippen molar-refractivity contribution < 1.29 is 8.42 Å². The average Bonchev–Trinajstić information content (AvgIpc) is 1.83. The van der Waals surface area contributed by atoms with Crippen molar-refractivity contribution in [2.24, 2.45) is 5.41 Å². The highest BCUT2D eigenvalue weighted by molar-refractivity contribution is 7.88. The standard InChI is InChI=1S/C7H16N2O2S.ClH/c1-7(2)5-8-6(7)4-9-12(3,10)11;/h6,8-9H,4-5H2,1-3H3;1H. The first kappa shape index (κ1) is 13.2. The monoisotopic (exact) mass is 228 g/mol. The zero-order chi connectivity index (χ0) is 9.41. The van der Waals surface area contributed by atoms with E-state index in [1.165, 1.54) is 6.26 Å². The predicted octanol–water partition coefficient (Wildman–Crippen LogP) is -0.0446. The summed E-state index contributed by atoms with van der Waals surface area (Å²) < 4.78 is 24.0. The Labute approximate surface area is 85.9 Å². The molecule has 13 heavy (non-hydrogen) atoms. The Balaban J connectivity index is 0.00000144. The molecule has 0 aromatic rings. The summed E-state index contributed by atoms with van der Waals surface area (Å²) in [4.78, 5) is 0. The van der Waals surface area contributed by atoms with Crippen LogP contribution in [0.3, 0.4) is 0 Å². The summed E-state index contributed by atoms with van der Waals surface area (Å²) in [6, 6.07) is 0.271.